The van der Waals surface area contributed by atoms with Gasteiger partial charge in [0.05, 0.1) is 11.5 Å². The van der Waals surface area contributed by atoms with Crippen LogP contribution in [0.3, 0.4) is 0 Å². The van der Waals surface area contributed by atoms with Crippen molar-refractivity contribution in [1.29, 1.82) is 0 Å². The monoisotopic (exact) mass is 235 g/mol. The van der Waals surface area contributed by atoms with Gasteiger partial charge in [-0.3, -0.25) is 0 Å². The molecule has 0 aromatic rings. The number of amides is 1. The van der Waals surface area contributed by atoms with Crippen LogP contribution in [0.25, 0.3) is 0 Å². The molecular formula is C9H17NO4S. The van der Waals surface area contributed by atoms with Crippen LogP contribution in [0, 0.1) is 0 Å². The van der Waals surface area contributed by atoms with Crippen LogP contribution in [0.4, 0.5) is 4.79 Å². The highest BCUT2D eigenvalue weighted by Crippen LogP contribution is 2.11. The fourth-order valence-corrected chi connectivity index (χ4v) is 3.05. The number of ether oxygens (including phenoxy) is 1. The summed E-state index contributed by atoms with van der Waals surface area (Å²) in [6.45, 7) is 3.71. The summed E-state index contributed by atoms with van der Waals surface area (Å²) in [6, 6.07) is -0.286. The smallest absolute Gasteiger partial charge is 0.407 e. The Bertz CT molecular complexity index is 325. The van der Waals surface area contributed by atoms with E-state index in [1.807, 2.05) is 6.92 Å². The third kappa shape index (κ3) is 4.07. The second-order valence-electron chi connectivity index (χ2n) is 3.87. The first-order chi connectivity index (χ1) is 6.93. The largest absolute Gasteiger partial charge is 0.447 e. The predicted octanol–water partition coefficient (Wildman–Crippen LogP) is 0.698. The van der Waals surface area contributed by atoms with Gasteiger partial charge in [0, 0.05) is 6.04 Å². The Labute approximate surface area is 90.1 Å². The van der Waals surface area contributed by atoms with Crippen LogP contribution in [-0.4, -0.2) is 38.2 Å². The van der Waals surface area contributed by atoms with Crippen molar-refractivity contribution in [3.8, 4) is 0 Å². The average molecular weight is 235 g/mol. The van der Waals surface area contributed by atoms with E-state index in [2.05, 4.69) is 5.32 Å². The Morgan fingerprint density at radius 3 is 2.73 bits per heavy atom. The summed E-state index contributed by atoms with van der Waals surface area (Å²) in [6.07, 6.45) is 0.573. The van der Waals surface area contributed by atoms with E-state index in [4.69, 9.17) is 4.74 Å². The van der Waals surface area contributed by atoms with Crippen molar-refractivity contribution in [3.63, 3.8) is 0 Å². The fourth-order valence-electron chi connectivity index (χ4n) is 1.38. The average Bonchev–Trinajstić information content (AvgIpc) is 2.44. The van der Waals surface area contributed by atoms with Crippen LogP contribution in [0.1, 0.15) is 26.7 Å². The van der Waals surface area contributed by atoms with Crippen LogP contribution in [-0.2, 0) is 14.6 Å². The molecule has 0 bridgehead atoms. The lowest BCUT2D eigenvalue weighted by atomic mass is 10.3. The lowest BCUT2D eigenvalue weighted by Crippen LogP contribution is -2.37. The van der Waals surface area contributed by atoms with Gasteiger partial charge in [0.1, 0.15) is 6.10 Å². The highest BCUT2D eigenvalue weighted by Gasteiger charge is 2.29. The Morgan fingerprint density at radius 2 is 2.27 bits per heavy atom. The fraction of sp³-hybridized carbons (Fsp3) is 0.889. The van der Waals surface area contributed by atoms with Crippen molar-refractivity contribution in [1.82, 2.24) is 5.32 Å². The molecule has 1 aliphatic heterocycles. The summed E-state index contributed by atoms with van der Waals surface area (Å²) in [7, 11) is -2.95. The number of alkyl carbamates (subject to hydrolysis) is 1. The number of hydrogen-bond donors (Lipinski definition) is 1. The molecule has 0 aromatic carbocycles. The molecule has 1 fully saturated rings. The normalized spacial score (nSPS) is 25.9. The molecule has 88 valence electrons. The molecule has 0 aliphatic carbocycles. The van der Waals surface area contributed by atoms with Gasteiger partial charge in [-0.05, 0) is 19.8 Å². The molecule has 1 saturated heterocycles. The second-order valence-corrected chi connectivity index (χ2v) is 6.10. The molecule has 0 radical (unpaired) electrons. The molecule has 0 aromatic heterocycles. The molecule has 1 heterocycles. The number of hydrogen-bond acceptors (Lipinski definition) is 4. The van der Waals surface area contributed by atoms with Crippen molar-refractivity contribution in [2.24, 2.45) is 0 Å². The van der Waals surface area contributed by atoms with E-state index >= 15 is 0 Å². The molecule has 15 heavy (non-hydrogen) atoms. The Kier molecular flexibility index (Phi) is 3.96. The van der Waals surface area contributed by atoms with Crippen molar-refractivity contribution in [2.45, 2.75) is 38.8 Å². The lowest BCUT2D eigenvalue weighted by molar-refractivity contribution is 0.102. The standard InChI is InChI=1S/C9H17NO4S/c1-3-7(2)14-9(11)10-8-4-5-15(12,13)6-8/h7-8H,3-6H2,1-2H3,(H,10,11)/t7-,8+/m1/s1. The maximum Gasteiger partial charge on any atom is 0.407 e. The topological polar surface area (TPSA) is 72.5 Å². The molecule has 1 rings (SSSR count). The third-order valence-electron chi connectivity index (χ3n) is 2.44. The summed E-state index contributed by atoms with van der Waals surface area (Å²) >= 11 is 0. The van der Waals surface area contributed by atoms with Crippen LogP contribution in [0.5, 0.6) is 0 Å². The second kappa shape index (κ2) is 4.83. The molecule has 0 spiro atoms. The van der Waals surface area contributed by atoms with Crippen LogP contribution in [0.2, 0.25) is 0 Å². The molecule has 1 amide bonds. The molecule has 1 aliphatic rings. The molecule has 6 heteroatoms. The van der Waals surface area contributed by atoms with Gasteiger partial charge in [0.15, 0.2) is 9.84 Å². The van der Waals surface area contributed by atoms with E-state index in [1.165, 1.54) is 0 Å². The molecule has 0 saturated carbocycles. The number of carbonyl (C=O) groups is 1. The highest BCUT2D eigenvalue weighted by atomic mass is 32.2. The summed E-state index contributed by atoms with van der Waals surface area (Å²) < 4.78 is 27.2. The number of nitrogens with one attached hydrogen (secondary N) is 1. The molecule has 2 atom stereocenters. The summed E-state index contributed by atoms with van der Waals surface area (Å²) in [5.41, 5.74) is 0. The number of carbonyl (C=O) groups excluding carboxylic acids is 1. The maximum absolute atomic E-state index is 11.3. The first kappa shape index (κ1) is 12.3. The quantitative estimate of drug-likeness (QED) is 0.781. The van der Waals surface area contributed by atoms with Crippen molar-refractivity contribution in [2.75, 3.05) is 11.5 Å². The van der Waals surface area contributed by atoms with E-state index in [1.54, 1.807) is 6.92 Å². The summed E-state index contributed by atoms with van der Waals surface area (Å²) in [4.78, 5) is 11.3. The van der Waals surface area contributed by atoms with Gasteiger partial charge in [-0.25, -0.2) is 13.2 Å². The maximum atomic E-state index is 11.3. The van der Waals surface area contributed by atoms with Crippen molar-refractivity contribution < 1.29 is 17.9 Å². The minimum atomic E-state index is -2.95. The van der Waals surface area contributed by atoms with Crippen LogP contribution < -0.4 is 5.32 Å². The number of rotatable bonds is 3. The molecule has 5 nitrogen and oxygen atoms in total. The molecular weight excluding hydrogens is 218 g/mol. The van der Waals surface area contributed by atoms with E-state index < -0.39 is 15.9 Å². The van der Waals surface area contributed by atoms with E-state index in [9.17, 15) is 13.2 Å². The van der Waals surface area contributed by atoms with Gasteiger partial charge in [0.25, 0.3) is 0 Å². The van der Waals surface area contributed by atoms with Crippen molar-refractivity contribution >= 4 is 15.9 Å². The molecule has 0 unspecified atom stereocenters. The zero-order chi connectivity index (χ0) is 11.5. The van der Waals surface area contributed by atoms with Gasteiger partial charge in [-0.1, -0.05) is 6.92 Å². The zero-order valence-corrected chi connectivity index (χ0v) is 9.84. The van der Waals surface area contributed by atoms with Crippen molar-refractivity contribution in [3.05, 3.63) is 0 Å². The summed E-state index contributed by atoms with van der Waals surface area (Å²) in [5, 5.41) is 2.56. The SMILES string of the molecule is CC[C@@H](C)OC(=O)N[C@H]1CCS(=O)(=O)C1. The minimum absolute atomic E-state index is 0.0304. The molecule has 1 N–H and O–H groups in total. The van der Waals surface area contributed by atoms with Gasteiger partial charge in [-0.2, -0.15) is 0 Å². The highest BCUT2D eigenvalue weighted by molar-refractivity contribution is 7.91. The Hall–Kier alpha value is -0.780. The van der Waals surface area contributed by atoms with E-state index in [-0.39, 0.29) is 23.7 Å². The van der Waals surface area contributed by atoms with Crippen LogP contribution >= 0.6 is 0 Å². The first-order valence-corrected chi connectivity index (χ1v) is 6.92. The van der Waals surface area contributed by atoms with Gasteiger partial charge in [0.2, 0.25) is 0 Å². The Balaban J connectivity index is 2.34. The minimum Gasteiger partial charge on any atom is -0.447 e. The number of sulfone groups is 1. The van der Waals surface area contributed by atoms with Gasteiger partial charge >= 0.3 is 6.09 Å². The van der Waals surface area contributed by atoms with E-state index in [0.717, 1.165) is 6.42 Å². The van der Waals surface area contributed by atoms with Crippen LogP contribution in [0.15, 0.2) is 0 Å². The van der Waals surface area contributed by atoms with Gasteiger partial charge in [-0.15, -0.1) is 0 Å². The zero-order valence-electron chi connectivity index (χ0n) is 9.02. The lowest BCUT2D eigenvalue weighted by Gasteiger charge is -2.14. The van der Waals surface area contributed by atoms with E-state index in [0.29, 0.717) is 6.42 Å². The van der Waals surface area contributed by atoms with Gasteiger partial charge < -0.3 is 10.1 Å². The summed E-state index contributed by atoms with van der Waals surface area (Å²) in [5.74, 6) is 0.184. The third-order valence-corrected chi connectivity index (χ3v) is 4.21. The Morgan fingerprint density at radius 1 is 1.60 bits per heavy atom. The predicted molar refractivity (Wildman–Crippen MR) is 56.4 cm³/mol. The first-order valence-electron chi connectivity index (χ1n) is 5.10.